The zero-order valence-corrected chi connectivity index (χ0v) is 9.18. The third-order valence-corrected chi connectivity index (χ3v) is 2.72. The van der Waals surface area contributed by atoms with E-state index in [0.717, 1.165) is 13.0 Å². The molecular formula is C11H21NO. The highest BCUT2D eigenvalue weighted by atomic mass is 16.5. The lowest BCUT2D eigenvalue weighted by atomic mass is 9.92. The van der Waals surface area contributed by atoms with Crippen LogP contribution in [-0.2, 0) is 4.74 Å². The number of hydrogen-bond acceptors (Lipinski definition) is 2. The number of nitrogens with one attached hydrogen (secondary N) is 1. The summed E-state index contributed by atoms with van der Waals surface area (Å²) in [7, 11) is 2.00. The van der Waals surface area contributed by atoms with E-state index < -0.39 is 0 Å². The molecule has 2 nitrogen and oxygen atoms in total. The Kier molecular flexibility index (Phi) is 3.51. The summed E-state index contributed by atoms with van der Waals surface area (Å²) in [5.74, 6) is 0. The molecule has 1 heterocycles. The van der Waals surface area contributed by atoms with Crippen LogP contribution in [0.15, 0.2) is 11.6 Å². The van der Waals surface area contributed by atoms with E-state index in [4.69, 9.17) is 4.74 Å². The molecular weight excluding hydrogens is 162 g/mol. The van der Waals surface area contributed by atoms with Crippen molar-refractivity contribution in [3.8, 4) is 0 Å². The lowest BCUT2D eigenvalue weighted by molar-refractivity contribution is 0.00284. The molecule has 1 rings (SSSR count). The van der Waals surface area contributed by atoms with Gasteiger partial charge < -0.3 is 10.1 Å². The SMILES string of the molecule is CNC(C=C(C)C)C1(C)CCCO1. The summed E-state index contributed by atoms with van der Waals surface area (Å²) in [6.45, 7) is 7.36. The Morgan fingerprint density at radius 3 is 2.62 bits per heavy atom. The molecule has 0 saturated carbocycles. The maximum absolute atomic E-state index is 5.79. The van der Waals surface area contributed by atoms with E-state index >= 15 is 0 Å². The van der Waals surface area contributed by atoms with Crippen LogP contribution >= 0.6 is 0 Å². The minimum absolute atomic E-state index is 0.00597. The molecule has 0 amide bonds. The van der Waals surface area contributed by atoms with Crippen LogP contribution in [0.25, 0.3) is 0 Å². The molecule has 0 aromatic carbocycles. The van der Waals surface area contributed by atoms with Gasteiger partial charge in [0.25, 0.3) is 0 Å². The van der Waals surface area contributed by atoms with Crippen molar-refractivity contribution >= 4 is 0 Å². The van der Waals surface area contributed by atoms with Crippen LogP contribution in [0.4, 0.5) is 0 Å². The monoisotopic (exact) mass is 183 g/mol. The molecule has 13 heavy (non-hydrogen) atoms. The molecule has 0 bridgehead atoms. The molecule has 1 aliphatic heterocycles. The Balaban J connectivity index is 2.70. The van der Waals surface area contributed by atoms with E-state index in [1.165, 1.54) is 12.0 Å². The van der Waals surface area contributed by atoms with E-state index in [0.29, 0.717) is 6.04 Å². The average Bonchev–Trinajstić information content (AvgIpc) is 2.48. The van der Waals surface area contributed by atoms with Gasteiger partial charge in [-0.25, -0.2) is 0 Å². The first kappa shape index (κ1) is 10.7. The minimum Gasteiger partial charge on any atom is -0.373 e. The molecule has 1 aliphatic rings. The Morgan fingerprint density at radius 2 is 2.23 bits per heavy atom. The van der Waals surface area contributed by atoms with Gasteiger partial charge in [-0.15, -0.1) is 0 Å². The molecule has 0 aromatic heterocycles. The van der Waals surface area contributed by atoms with Gasteiger partial charge in [-0.05, 0) is 40.7 Å². The van der Waals surface area contributed by atoms with Crippen LogP contribution in [0.1, 0.15) is 33.6 Å². The van der Waals surface area contributed by atoms with Gasteiger partial charge in [0, 0.05) is 6.61 Å². The van der Waals surface area contributed by atoms with Crippen molar-refractivity contribution in [2.75, 3.05) is 13.7 Å². The number of rotatable bonds is 3. The lowest BCUT2D eigenvalue weighted by Gasteiger charge is -2.31. The van der Waals surface area contributed by atoms with Crippen LogP contribution < -0.4 is 5.32 Å². The van der Waals surface area contributed by atoms with Gasteiger partial charge in [-0.1, -0.05) is 11.6 Å². The zero-order chi connectivity index (χ0) is 9.90. The van der Waals surface area contributed by atoms with Crippen molar-refractivity contribution in [3.63, 3.8) is 0 Å². The van der Waals surface area contributed by atoms with Gasteiger partial charge in [-0.2, -0.15) is 0 Å². The molecule has 1 saturated heterocycles. The Hall–Kier alpha value is -0.340. The molecule has 1 fully saturated rings. The maximum Gasteiger partial charge on any atom is 0.0843 e. The van der Waals surface area contributed by atoms with Crippen molar-refractivity contribution in [3.05, 3.63) is 11.6 Å². The molecule has 2 heteroatoms. The molecule has 2 atom stereocenters. The van der Waals surface area contributed by atoms with Crippen LogP contribution in [0.2, 0.25) is 0 Å². The summed E-state index contributed by atoms with van der Waals surface area (Å²) in [6.07, 6.45) is 4.60. The molecule has 1 N–H and O–H groups in total. The second-order valence-electron chi connectivity index (χ2n) is 4.28. The largest absolute Gasteiger partial charge is 0.373 e. The van der Waals surface area contributed by atoms with Gasteiger partial charge in [0.1, 0.15) is 0 Å². The van der Waals surface area contributed by atoms with Crippen molar-refractivity contribution in [1.29, 1.82) is 0 Å². The fraction of sp³-hybridized carbons (Fsp3) is 0.818. The highest BCUT2D eigenvalue weighted by Gasteiger charge is 2.36. The summed E-state index contributed by atoms with van der Waals surface area (Å²) < 4.78 is 5.79. The van der Waals surface area contributed by atoms with Crippen molar-refractivity contribution in [1.82, 2.24) is 5.32 Å². The van der Waals surface area contributed by atoms with Gasteiger partial charge in [0.15, 0.2) is 0 Å². The first-order valence-electron chi connectivity index (χ1n) is 5.05. The Bertz CT molecular complexity index is 188. The molecule has 0 aromatic rings. The van der Waals surface area contributed by atoms with Crippen LogP contribution in [-0.4, -0.2) is 25.3 Å². The first-order valence-corrected chi connectivity index (χ1v) is 5.05. The second kappa shape index (κ2) is 4.25. The minimum atomic E-state index is 0.00597. The summed E-state index contributed by atoms with van der Waals surface area (Å²) in [4.78, 5) is 0. The smallest absolute Gasteiger partial charge is 0.0843 e. The normalized spacial score (nSPS) is 30.2. The van der Waals surface area contributed by atoms with Crippen molar-refractivity contribution < 1.29 is 4.74 Å². The predicted octanol–water partition coefficient (Wildman–Crippen LogP) is 2.11. The van der Waals surface area contributed by atoms with Crippen molar-refractivity contribution in [2.24, 2.45) is 0 Å². The fourth-order valence-electron chi connectivity index (χ4n) is 1.94. The molecule has 0 spiro atoms. The van der Waals surface area contributed by atoms with Gasteiger partial charge >= 0.3 is 0 Å². The van der Waals surface area contributed by atoms with Crippen LogP contribution in [0, 0.1) is 0 Å². The fourth-order valence-corrected chi connectivity index (χ4v) is 1.94. The van der Waals surface area contributed by atoms with Gasteiger partial charge in [-0.3, -0.25) is 0 Å². The standard InChI is InChI=1S/C11H21NO/c1-9(2)8-10(12-4)11(3)6-5-7-13-11/h8,10,12H,5-7H2,1-4H3. The molecule has 2 unspecified atom stereocenters. The molecule has 0 radical (unpaired) electrons. The summed E-state index contributed by atoms with van der Waals surface area (Å²) in [5.41, 5.74) is 1.35. The quantitative estimate of drug-likeness (QED) is 0.677. The predicted molar refractivity (Wildman–Crippen MR) is 55.9 cm³/mol. The second-order valence-corrected chi connectivity index (χ2v) is 4.28. The summed E-state index contributed by atoms with van der Waals surface area (Å²) in [6, 6.07) is 0.347. The van der Waals surface area contributed by atoms with E-state index in [1.807, 2.05) is 7.05 Å². The highest BCUT2D eigenvalue weighted by Crippen LogP contribution is 2.29. The van der Waals surface area contributed by atoms with Crippen LogP contribution in [0.5, 0.6) is 0 Å². The lowest BCUT2D eigenvalue weighted by Crippen LogP contribution is -2.45. The third-order valence-electron chi connectivity index (χ3n) is 2.72. The summed E-state index contributed by atoms with van der Waals surface area (Å²) >= 11 is 0. The number of hydrogen-bond donors (Lipinski definition) is 1. The van der Waals surface area contributed by atoms with E-state index in [9.17, 15) is 0 Å². The van der Waals surface area contributed by atoms with Gasteiger partial charge in [0.2, 0.25) is 0 Å². The Labute approximate surface area is 81.4 Å². The number of likely N-dealkylation sites (N-methyl/N-ethyl adjacent to an activating group) is 1. The van der Waals surface area contributed by atoms with E-state index in [1.54, 1.807) is 0 Å². The van der Waals surface area contributed by atoms with E-state index in [2.05, 4.69) is 32.2 Å². The first-order chi connectivity index (χ1) is 6.08. The maximum atomic E-state index is 5.79. The van der Waals surface area contributed by atoms with Crippen molar-refractivity contribution in [2.45, 2.75) is 45.3 Å². The van der Waals surface area contributed by atoms with E-state index in [-0.39, 0.29) is 5.60 Å². The number of ether oxygens (including phenoxy) is 1. The average molecular weight is 183 g/mol. The summed E-state index contributed by atoms with van der Waals surface area (Å²) in [5, 5.41) is 3.31. The molecule has 0 aliphatic carbocycles. The van der Waals surface area contributed by atoms with Crippen LogP contribution in [0.3, 0.4) is 0 Å². The third kappa shape index (κ3) is 2.55. The zero-order valence-electron chi connectivity index (χ0n) is 9.18. The highest BCUT2D eigenvalue weighted by molar-refractivity contribution is 5.09. The topological polar surface area (TPSA) is 21.3 Å². The number of allylic oxidation sites excluding steroid dienone is 1. The molecule has 76 valence electrons. The Morgan fingerprint density at radius 1 is 1.54 bits per heavy atom. The van der Waals surface area contributed by atoms with Gasteiger partial charge in [0.05, 0.1) is 11.6 Å².